The first-order chi connectivity index (χ1) is 7.43. The van der Waals surface area contributed by atoms with Crippen LogP contribution in [0.5, 0.6) is 0 Å². The molecule has 0 aromatic rings. The van der Waals surface area contributed by atoms with E-state index in [1.54, 1.807) is 0 Å². The fraction of sp³-hybridized carbons (Fsp3) is 1.00. The van der Waals surface area contributed by atoms with Gasteiger partial charge in [0.25, 0.3) is 0 Å². The maximum absolute atomic E-state index is 5.11. The molecule has 1 N–H and O–H groups in total. The quantitative estimate of drug-likeness (QED) is 0.563. The van der Waals surface area contributed by atoms with Crippen molar-refractivity contribution in [2.24, 2.45) is 0 Å². The molecule has 2 heteroatoms. The first kappa shape index (κ1) is 13.0. The number of unbranched alkanes of at least 4 members (excludes halogenated alkanes) is 7. The van der Waals surface area contributed by atoms with Crippen LogP contribution in [0.25, 0.3) is 0 Å². The smallest absolute Gasteiger partial charge is 0.0643 e. The van der Waals surface area contributed by atoms with Crippen molar-refractivity contribution in [1.29, 1.82) is 0 Å². The average molecular weight is 213 g/mol. The Kier molecular flexibility index (Phi) is 7.94. The van der Waals surface area contributed by atoms with Gasteiger partial charge in [-0.15, -0.1) is 0 Å². The van der Waals surface area contributed by atoms with Crippen molar-refractivity contribution in [1.82, 2.24) is 5.32 Å². The Bertz CT molecular complexity index is 134. The molecule has 0 unspecified atom stereocenters. The molecule has 1 saturated heterocycles. The second kappa shape index (κ2) is 9.17. The van der Waals surface area contributed by atoms with Gasteiger partial charge in [0.1, 0.15) is 0 Å². The number of rotatable bonds is 10. The molecule has 90 valence electrons. The Morgan fingerprint density at radius 2 is 1.53 bits per heavy atom. The third kappa shape index (κ3) is 6.91. The van der Waals surface area contributed by atoms with Gasteiger partial charge in [0.2, 0.25) is 0 Å². The van der Waals surface area contributed by atoms with Gasteiger partial charge in [-0.05, 0) is 13.0 Å². The number of hydrogen-bond donors (Lipinski definition) is 1. The lowest BCUT2D eigenvalue weighted by atomic mass is 10.1. The molecule has 2 nitrogen and oxygen atoms in total. The summed E-state index contributed by atoms with van der Waals surface area (Å²) < 4.78 is 5.11. The largest absolute Gasteiger partial charge is 0.378 e. The highest BCUT2D eigenvalue weighted by Crippen LogP contribution is 2.08. The Morgan fingerprint density at radius 3 is 2.07 bits per heavy atom. The van der Waals surface area contributed by atoms with Gasteiger partial charge in [0.05, 0.1) is 19.3 Å². The van der Waals surface area contributed by atoms with Crippen LogP contribution < -0.4 is 5.32 Å². The van der Waals surface area contributed by atoms with Gasteiger partial charge in [-0.1, -0.05) is 51.9 Å². The van der Waals surface area contributed by atoms with Crippen LogP contribution in [0.3, 0.4) is 0 Å². The Balaban J connectivity index is 1.66. The molecule has 15 heavy (non-hydrogen) atoms. The second-order valence-electron chi connectivity index (χ2n) is 4.66. The Morgan fingerprint density at radius 1 is 0.933 bits per heavy atom. The summed E-state index contributed by atoms with van der Waals surface area (Å²) in [7, 11) is 0. The topological polar surface area (TPSA) is 21.3 Å². The third-order valence-electron chi connectivity index (χ3n) is 3.10. The van der Waals surface area contributed by atoms with E-state index in [-0.39, 0.29) is 0 Å². The Hall–Kier alpha value is -0.0800. The van der Waals surface area contributed by atoms with E-state index in [1.165, 1.54) is 57.9 Å². The van der Waals surface area contributed by atoms with Gasteiger partial charge >= 0.3 is 0 Å². The summed E-state index contributed by atoms with van der Waals surface area (Å²) in [6.45, 7) is 5.31. The van der Waals surface area contributed by atoms with Gasteiger partial charge in [-0.25, -0.2) is 0 Å². The van der Waals surface area contributed by atoms with Crippen LogP contribution >= 0.6 is 0 Å². The molecule has 0 bridgehead atoms. The number of nitrogens with one attached hydrogen (secondary N) is 1. The summed E-state index contributed by atoms with van der Waals surface area (Å²) in [5, 5.41) is 3.51. The van der Waals surface area contributed by atoms with Crippen molar-refractivity contribution >= 4 is 0 Å². The van der Waals surface area contributed by atoms with Crippen LogP contribution in [0.15, 0.2) is 0 Å². The highest BCUT2D eigenvalue weighted by Gasteiger charge is 2.16. The first-order valence-electron chi connectivity index (χ1n) is 6.74. The van der Waals surface area contributed by atoms with Crippen LogP contribution in [0.4, 0.5) is 0 Å². The zero-order valence-corrected chi connectivity index (χ0v) is 10.3. The predicted molar refractivity (Wildman–Crippen MR) is 65.2 cm³/mol. The number of hydrogen-bond acceptors (Lipinski definition) is 2. The summed E-state index contributed by atoms with van der Waals surface area (Å²) in [5.74, 6) is 0. The molecule has 1 heterocycles. The van der Waals surface area contributed by atoms with Gasteiger partial charge in [-0.3, -0.25) is 0 Å². The minimum Gasteiger partial charge on any atom is -0.378 e. The lowest BCUT2D eigenvalue weighted by Gasteiger charge is -2.26. The van der Waals surface area contributed by atoms with Crippen LogP contribution in [-0.4, -0.2) is 25.8 Å². The van der Waals surface area contributed by atoms with Crippen molar-refractivity contribution in [3.05, 3.63) is 0 Å². The summed E-state index contributed by atoms with van der Waals surface area (Å²) in [6.07, 6.45) is 11.2. The maximum Gasteiger partial charge on any atom is 0.0643 e. The normalized spacial score (nSPS) is 16.6. The Labute approximate surface area is 94.8 Å². The molecule has 0 aromatic heterocycles. The monoisotopic (exact) mass is 213 g/mol. The van der Waals surface area contributed by atoms with Crippen molar-refractivity contribution in [2.75, 3.05) is 19.8 Å². The van der Waals surface area contributed by atoms with E-state index in [2.05, 4.69) is 12.2 Å². The molecule has 0 aromatic carbocycles. The average Bonchev–Trinajstić information content (AvgIpc) is 2.18. The van der Waals surface area contributed by atoms with Crippen LogP contribution in [-0.2, 0) is 4.74 Å². The molecule has 1 rings (SSSR count). The molecule has 0 atom stereocenters. The molecule has 0 spiro atoms. The molecule has 0 aliphatic carbocycles. The standard InChI is InChI=1S/C13H27NO/c1-2-3-4-5-6-7-8-9-10-14-13-11-15-12-13/h13-14H,2-12H2,1H3. The minimum absolute atomic E-state index is 0.662. The van der Waals surface area contributed by atoms with Crippen LogP contribution in [0, 0.1) is 0 Å². The van der Waals surface area contributed by atoms with Crippen molar-refractivity contribution in [2.45, 2.75) is 64.3 Å². The van der Waals surface area contributed by atoms with Crippen molar-refractivity contribution in [3.63, 3.8) is 0 Å². The maximum atomic E-state index is 5.11. The van der Waals surface area contributed by atoms with E-state index in [4.69, 9.17) is 4.74 Å². The first-order valence-corrected chi connectivity index (χ1v) is 6.74. The van der Waals surface area contributed by atoms with E-state index in [0.29, 0.717) is 6.04 Å². The molecule has 0 radical (unpaired) electrons. The lowest BCUT2D eigenvalue weighted by molar-refractivity contribution is -0.00497. The fourth-order valence-corrected chi connectivity index (χ4v) is 1.92. The van der Waals surface area contributed by atoms with Crippen molar-refractivity contribution in [3.8, 4) is 0 Å². The fourth-order valence-electron chi connectivity index (χ4n) is 1.92. The molecule has 1 aliphatic heterocycles. The number of ether oxygens (including phenoxy) is 1. The van der Waals surface area contributed by atoms with E-state index < -0.39 is 0 Å². The van der Waals surface area contributed by atoms with Gasteiger partial charge in [0.15, 0.2) is 0 Å². The molecule has 0 amide bonds. The summed E-state index contributed by atoms with van der Waals surface area (Å²) in [4.78, 5) is 0. The zero-order chi connectivity index (χ0) is 10.8. The molecule has 0 saturated carbocycles. The lowest BCUT2D eigenvalue weighted by Crippen LogP contribution is -2.46. The van der Waals surface area contributed by atoms with E-state index >= 15 is 0 Å². The van der Waals surface area contributed by atoms with Gasteiger partial charge in [0, 0.05) is 0 Å². The summed E-state index contributed by atoms with van der Waals surface area (Å²) in [6, 6.07) is 0.662. The molecular weight excluding hydrogens is 186 g/mol. The molecule has 1 fully saturated rings. The van der Waals surface area contributed by atoms with Crippen LogP contribution in [0.2, 0.25) is 0 Å². The van der Waals surface area contributed by atoms with E-state index in [9.17, 15) is 0 Å². The molecule has 1 aliphatic rings. The van der Waals surface area contributed by atoms with E-state index in [0.717, 1.165) is 13.2 Å². The highest BCUT2D eigenvalue weighted by molar-refractivity contribution is 4.72. The summed E-state index contributed by atoms with van der Waals surface area (Å²) >= 11 is 0. The van der Waals surface area contributed by atoms with Crippen LogP contribution in [0.1, 0.15) is 58.3 Å². The highest BCUT2D eigenvalue weighted by atomic mass is 16.5. The van der Waals surface area contributed by atoms with Gasteiger partial charge < -0.3 is 10.1 Å². The SMILES string of the molecule is CCCCCCCCCCNC1COC1. The van der Waals surface area contributed by atoms with Crippen molar-refractivity contribution < 1.29 is 4.74 Å². The van der Waals surface area contributed by atoms with Gasteiger partial charge in [-0.2, -0.15) is 0 Å². The second-order valence-corrected chi connectivity index (χ2v) is 4.66. The predicted octanol–water partition coefficient (Wildman–Crippen LogP) is 3.12. The zero-order valence-electron chi connectivity index (χ0n) is 10.3. The third-order valence-corrected chi connectivity index (χ3v) is 3.10. The van der Waals surface area contributed by atoms with E-state index in [1.807, 2.05) is 0 Å². The minimum atomic E-state index is 0.662. The summed E-state index contributed by atoms with van der Waals surface area (Å²) in [5.41, 5.74) is 0. The molecular formula is C13H27NO.